The molecular formula is H4FLiO4Si. The third-order valence-corrected chi connectivity index (χ3v) is 0.311. The third kappa shape index (κ3) is 10.8. The molecule has 40 valence electrons. The second-order valence-electron chi connectivity index (χ2n) is 0.651. The van der Waals surface area contributed by atoms with Crippen LogP contribution < -0.4 is 0 Å². The Morgan fingerprint density at radius 2 is 1.43 bits per heavy atom. The third-order valence-electron chi connectivity index (χ3n) is 0.104. The van der Waals surface area contributed by atoms with Gasteiger partial charge in [0.05, 0.1) is 0 Å². The van der Waals surface area contributed by atoms with Crippen LogP contribution in [0.4, 0.5) is 4.53 Å². The molecule has 0 saturated carbocycles. The average Bonchev–Trinajstić information content (AvgIpc) is 1.35. The van der Waals surface area contributed by atoms with Gasteiger partial charge in [0.1, 0.15) is 0 Å². The molecule has 0 aromatic heterocycles. The van der Waals surface area contributed by atoms with Crippen LogP contribution in [-0.2, 0) is 4.63 Å². The average molecular weight is 122 g/mol. The molecule has 4 nitrogen and oxygen atoms in total. The fourth-order valence-corrected chi connectivity index (χ4v) is 0. The van der Waals surface area contributed by atoms with Gasteiger partial charge < -0.3 is 14.4 Å². The molecule has 0 aliphatic carbocycles. The van der Waals surface area contributed by atoms with Crippen LogP contribution >= 0.6 is 0 Å². The van der Waals surface area contributed by atoms with Crippen LogP contribution in [0.1, 0.15) is 0 Å². The fourth-order valence-electron chi connectivity index (χ4n) is 0. The molecule has 0 saturated heterocycles. The Hall–Kier alpha value is 0.584. The summed E-state index contributed by atoms with van der Waals surface area (Å²) in [5.74, 6) is 0. The summed E-state index contributed by atoms with van der Waals surface area (Å²) >= 11 is 0. The van der Waals surface area contributed by atoms with Crippen molar-refractivity contribution in [2.45, 2.75) is 0 Å². The Balaban J connectivity index is 0. The van der Waals surface area contributed by atoms with Crippen molar-refractivity contribution >= 4 is 27.9 Å². The molecule has 0 spiro atoms. The van der Waals surface area contributed by atoms with E-state index in [1.165, 1.54) is 0 Å². The summed E-state index contributed by atoms with van der Waals surface area (Å²) in [7, 11) is -4.80. The van der Waals surface area contributed by atoms with Gasteiger partial charge in [-0.15, -0.1) is 0 Å². The van der Waals surface area contributed by atoms with Crippen molar-refractivity contribution in [3.05, 3.63) is 0 Å². The van der Waals surface area contributed by atoms with Crippen molar-refractivity contribution in [3.63, 3.8) is 0 Å². The van der Waals surface area contributed by atoms with E-state index in [1.54, 1.807) is 0 Å². The molecule has 0 aliphatic rings. The Kier molecular flexibility index (Phi) is 5.38. The van der Waals surface area contributed by atoms with Gasteiger partial charge in [-0.05, 0) is 0 Å². The first-order chi connectivity index (χ1) is 2.56. The molecular weight excluding hydrogens is 118 g/mol. The van der Waals surface area contributed by atoms with E-state index in [2.05, 4.69) is 4.63 Å². The molecule has 0 bridgehead atoms. The van der Waals surface area contributed by atoms with Crippen molar-refractivity contribution in [3.8, 4) is 0 Å². The SMILES string of the molecule is O[Si](O)(O)OF.[LiH]. The summed E-state index contributed by atoms with van der Waals surface area (Å²) in [6.45, 7) is 0. The van der Waals surface area contributed by atoms with E-state index < -0.39 is 9.05 Å². The van der Waals surface area contributed by atoms with Gasteiger partial charge in [-0.1, -0.05) is 4.53 Å². The van der Waals surface area contributed by atoms with Crippen LogP contribution in [-0.4, -0.2) is 42.3 Å². The van der Waals surface area contributed by atoms with Crippen molar-refractivity contribution in [2.75, 3.05) is 0 Å². The second-order valence-corrected chi connectivity index (χ2v) is 1.95. The van der Waals surface area contributed by atoms with Crippen LogP contribution in [0.3, 0.4) is 0 Å². The molecule has 7 heavy (non-hydrogen) atoms. The Morgan fingerprint density at radius 1 is 1.29 bits per heavy atom. The predicted octanol–water partition coefficient (Wildman–Crippen LogP) is -2.35. The summed E-state index contributed by atoms with van der Waals surface area (Å²) in [4.78, 5) is 22.4. The quantitative estimate of drug-likeness (QED) is 0.340. The van der Waals surface area contributed by atoms with E-state index in [0.717, 1.165) is 0 Å². The molecule has 0 aromatic rings. The monoisotopic (exact) mass is 122 g/mol. The first kappa shape index (κ1) is 10.5. The van der Waals surface area contributed by atoms with E-state index >= 15 is 0 Å². The Labute approximate surface area is 52.1 Å². The Morgan fingerprint density at radius 3 is 1.43 bits per heavy atom. The van der Waals surface area contributed by atoms with Crippen LogP contribution in [0.25, 0.3) is 0 Å². The van der Waals surface area contributed by atoms with E-state index in [4.69, 9.17) is 14.4 Å². The van der Waals surface area contributed by atoms with Crippen LogP contribution in [0.5, 0.6) is 0 Å². The number of hydrogen-bond acceptors (Lipinski definition) is 4. The molecule has 0 fully saturated rings. The Bertz CT molecular complexity index is 41.4. The second kappa shape index (κ2) is 3.57. The predicted molar refractivity (Wildman–Crippen MR) is 21.8 cm³/mol. The van der Waals surface area contributed by atoms with Gasteiger partial charge in [-0.3, -0.25) is 0 Å². The zero-order valence-corrected chi connectivity index (χ0v) is 3.63. The summed E-state index contributed by atoms with van der Waals surface area (Å²) in [6, 6.07) is 0. The minimum absolute atomic E-state index is 0. The van der Waals surface area contributed by atoms with Gasteiger partial charge in [0.15, 0.2) is 0 Å². The zero-order chi connectivity index (χ0) is 5.21. The van der Waals surface area contributed by atoms with E-state index in [0.29, 0.717) is 0 Å². The molecule has 0 unspecified atom stereocenters. The number of hydrogen-bond donors (Lipinski definition) is 3. The number of rotatable bonds is 1. The minimum atomic E-state index is -4.80. The van der Waals surface area contributed by atoms with E-state index in [1.807, 2.05) is 0 Å². The first-order valence-electron chi connectivity index (χ1n) is 1.03. The maximum atomic E-state index is 10.3. The fraction of sp³-hybridized carbons (Fsp3) is 0. The first-order valence-corrected chi connectivity index (χ1v) is 2.78. The molecule has 0 rings (SSSR count). The molecule has 0 aromatic carbocycles. The van der Waals surface area contributed by atoms with E-state index in [-0.39, 0.29) is 18.9 Å². The molecule has 0 heterocycles. The topological polar surface area (TPSA) is 69.9 Å². The normalized spacial score (nSPS) is 10.3. The maximum absolute atomic E-state index is 10.3. The van der Waals surface area contributed by atoms with Crippen molar-refractivity contribution in [2.24, 2.45) is 0 Å². The van der Waals surface area contributed by atoms with Gasteiger partial charge in [-0.2, -0.15) is 4.63 Å². The molecule has 0 aliphatic heterocycles. The zero-order valence-electron chi connectivity index (χ0n) is 2.63. The summed E-state index contributed by atoms with van der Waals surface area (Å²) < 4.78 is 12.6. The van der Waals surface area contributed by atoms with Crippen molar-refractivity contribution in [1.29, 1.82) is 0 Å². The summed E-state index contributed by atoms with van der Waals surface area (Å²) in [6.07, 6.45) is 0. The van der Waals surface area contributed by atoms with Crippen LogP contribution in [0, 0.1) is 0 Å². The van der Waals surface area contributed by atoms with Crippen LogP contribution in [0.15, 0.2) is 0 Å². The van der Waals surface area contributed by atoms with Gasteiger partial charge in [0, 0.05) is 0 Å². The van der Waals surface area contributed by atoms with Gasteiger partial charge in [0.25, 0.3) is 0 Å². The molecule has 0 radical (unpaired) electrons. The summed E-state index contributed by atoms with van der Waals surface area (Å²) in [5.41, 5.74) is 0. The molecule has 0 amide bonds. The van der Waals surface area contributed by atoms with Crippen molar-refractivity contribution < 1.29 is 23.5 Å². The van der Waals surface area contributed by atoms with Gasteiger partial charge in [-0.25, -0.2) is 0 Å². The molecule has 3 N–H and O–H groups in total. The van der Waals surface area contributed by atoms with Gasteiger partial charge in [0.2, 0.25) is 0 Å². The van der Waals surface area contributed by atoms with Crippen LogP contribution in [0.2, 0.25) is 0 Å². The van der Waals surface area contributed by atoms with Gasteiger partial charge >= 0.3 is 27.9 Å². The van der Waals surface area contributed by atoms with E-state index in [9.17, 15) is 4.53 Å². The summed E-state index contributed by atoms with van der Waals surface area (Å²) in [5, 5.41) is 0. The molecule has 7 heteroatoms. The molecule has 0 atom stereocenters. The number of halogens is 1. The van der Waals surface area contributed by atoms with Crippen molar-refractivity contribution in [1.82, 2.24) is 0 Å². The standard InChI is InChI=1S/FH3O4Si.Li.H/c1-5-6(2,3)4;;/h2-4H;;.